The van der Waals surface area contributed by atoms with Crippen LogP contribution in [0.3, 0.4) is 0 Å². The Morgan fingerprint density at radius 1 is 1.19 bits per heavy atom. The molecule has 4 nitrogen and oxygen atoms in total. The van der Waals surface area contributed by atoms with Gasteiger partial charge in [-0.2, -0.15) is 0 Å². The van der Waals surface area contributed by atoms with Crippen LogP contribution in [0.5, 0.6) is 0 Å². The Hall–Kier alpha value is -2.43. The van der Waals surface area contributed by atoms with Crippen molar-refractivity contribution < 1.29 is 9.90 Å². The summed E-state index contributed by atoms with van der Waals surface area (Å²) in [6.45, 7) is 0.741. The highest BCUT2D eigenvalue weighted by atomic mass is 35.5. The maximum Gasteiger partial charge on any atom is 0.320 e. The quantitative estimate of drug-likeness (QED) is 0.737. The second-order valence-electron chi connectivity index (χ2n) is 6.61. The van der Waals surface area contributed by atoms with Crippen LogP contribution >= 0.6 is 11.6 Å². The van der Waals surface area contributed by atoms with Gasteiger partial charge in [-0.25, -0.2) is 0 Å². The highest BCUT2D eigenvalue weighted by Crippen LogP contribution is 2.38. The summed E-state index contributed by atoms with van der Waals surface area (Å²) in [5.74, 6) is -0.770. The third-order valence-electron chi connectivity index (χ3n) is 5.05. The molecule has 2 aromatic carbocycles. The fraction of sp³-hybridized carbons (Fsp3) is 0.238. The fourth-order valence-electron chi connectivity index (χ4n) is 3.95. The molecule has 132 valence electrons. The Morgan fingerprint density at radius 2 is 2.04 bits per heavy atom. The molecular formula is C21H19ClN2O2. The molecule has 1 aromatic heterocycles. The van der Waals surface area contributed by atoms with Crippen LogP contribution in [0.2, 0.25) is 5.02 Å². The summed E-state index contributed by atoms with van der Waals surface area (Å²) >= 11 is 6.25. The topological polar surface area (TPSA) is 53.4 Å². The molecule has 0 aliphatic carbocycles. The highest BCUT2D eigenvalue weighted by Gasteiger charge is 2.37. The number of hydrogen-bond acceptors (Lipinski definition) is 3. The Labute approximate surface area is 157 Å². The number of para-hydroxylation sites is 1. The average molecular weight is 367 g/mol. The van der Waals surface area contributed by atoms with E-state index in [1.165, 1.54) is 0 Å². The molecule has 0 radical (unpaired) electrons. The number of carboxylic acid groups (broad SMARTS) is 1. The fourth-order valence-corrected chi connectivity index (χ4v) is 4.14. The number of carboxylic acids is 1. The number of pyridine rings is 1. The largest absolute Gasteiger partial charge is 0.480 e. The van der Waals surface area contributed by atoms with E-state index in [0.717, 1.165) is 35.0 Å². The van der Waals surface area contributed by atoms with Gasteiger partial charge in [0.1, 0.15) is 6.04 Å². The highest BCUT2D eigenvalue weighted by molar-refractivity contribution is 6.30. The summed E-state index contributed by atoms with van der Waals surface area (Å²) in [6.07, 6.45) is 3.33. The molecule has 2 heterocycles. The molecule has 0 spiro atoms. The molecule has 0 bridgehead atoms. The van der Waals surface area contributed by atoms with Gasteiger partial charge in [-0.05, 0) is 48.2 Å². The normalized spacial score (nSPS) is 18.9. The van der Waals surface area contributed by atoms with Crippen molar-refractivity contribution in [3.05, 3.63) is 76.9 Å². The first-order valence-electron chi connectivity index (χ1n) is 8.73. The number of likely N-dealkylation sites (tertiary alicyclic amines) is 1. The summed E-state index contributed by atoms with van der Waals surface area (Å²) < 4.78 is 0. The monoisotopic (exact) mass is 366 g/mol. The number of nitrogens with zero attached hydrogens (tertiary/aromatic N) is 2. The SMILES string of the molecule is O=C(O)C1CCCN1C(c1cccc(Cl)c1)c1ccnc2ccccc12. The average Bonchev–Trinajstić information content (AvgIpc) is 3.12. The molecule has 26 heavy (non-hydrogen) atoms. The van der Waals surface area contributed by atoms with E-state index in [-0.39, 0.29) is 6.04 Å². The van der Waals surface area contributed by atoms with Gasteiger partial charge in [0, 0.05) is 23.2 Å². The standard InChI is InChI=1S/C21H19ClN2O2/c22-15-6-3-5-14(13-15)20(24-12-4-9-19(24)21(25)26)17-10-11-23-18-8-2-1-7-16(17)18/h1-3,5-8,10-11,13,19-20H,4,9,12H2,(H,25,26). The number of rotatable bonds is 4. The lowest BCUT2D eigenvalue weighted by molar-refractivity contribution is -0.142. The number of halogens is 1. The van der Waals surface area contributed by atoms with E-state index in [4.69, 9.17) is 11.6 Å². The molecule has 0 saturated carbocycles. The molecule has 3 aromatic rings. The second kappa shape index (κ2) is 7.06. The van der Waals surface area contributed by atoms with Crippen molar-refractivity contribution in [2.24, 2.45) is 0 Å². The van der Waals surface area contributed by atoms with Crippen molar-refractivity contribution in [3.8, 4) is 0 Å². The molecule has 5 heteroatoms. The number of carbonyl (C=O) groups is 1. The van der Waals surface area contributed by atoms with Crippen molar-refractivity contribution in [3.63, 3.8) is 0 Å². The smallest absolute Gasteiger partial charge is 0.320 e. The zero-order valence-electron chi connectivity index (χ0n) is 14.2. The van der Waals surface area contributed by atoms with Crippen molar-refractivity contribution in [1.82, 2.24) is 9.88 Å². The van der Waals surface area contributed by atoms with Crippen LogP contribution in [0.4, 0.5) is 0 Å². The van der Waals surface area contributed by atoms with Crippen LogP contribution in [0, 0.1) is 0 Å². The van der Waals surface area contributed by atoms with Crippen LogP contribution in [-0.2, 0) is 4.79 Å². The molecule has 1 aliphatic rings. The molecule has 0 amide bonds. The molecular weight excluding hydrogens is 348 g/mol. The van der Waals surface area contributed by atoms with Crippen molar-refractivity contribution >= 4 is 28.5 Å². The van der Waals surface area contributed by atoms with Gasteiger partial charge in [0.05, 0.1) is 11.6 Å². The first-order chi connectivity index (χ1) is 12.6. The lowest BCUT2D eigenvalue weighted by Crippen LogP contribution is -2.39. The summed E-state index contributed by atoms with van der Waals surface area (Å²) in [7, 11) is 0. The van der Waals surface area contributed by atoms with Gasteiger partial charge in [-0.1, -0.05) is 41.9 Å². The molecule has 1 saturated heterocycles. The van der Waals surface area contributed by atoms with E-state index in [1.54, 1.807) is 6.20 Å². The maximum atomic E-state index is 11.8. The van der Waals surface area contributed by atoms with Gasteiger partial charge >= 0.3 is 5.97 Å². The predicted octanol–water partition coefficient (Wildman–Crippen LogP) is 4.53. The predicted molar refractivity (Wildman–Crippen MR) is 102 cm³/mol. The van der Waals surface area contributed by atoms with Crippen LogP contribution in [0.15, 0.2) is 60.8 Å². The molecule has 2 atom stereocenters. The van der Waals surface area contributed by atoms with E-state index >= 15 is 0 Å². The van der Waals surface area contributed by atoms with Crippen molar-refractivity contribution in [1.29, 1.82) is 0 Å². The zero-order chi connectivity index (χ0) is 18.1. The first-order valence-corrected chi connectivity index (χ1v) is 9.10. The Morgan fingerprint density at radius 3 is 2.85 bits per heavy atom. The lowest BCUT2D eigenvalue weighted by atomic mass is 9.93. The second-order valence-corrected chi connectivity index (χ2v) is 7.05. The molecule has 1 fully saturated rings. The zero-order valence-corrected chi connectivity index (χ0v) is 14.9. The van der Waals surface area contributed by atoms with E-state index in [2.05, 4.69) is 9.88 Å². The third kappa shape index (κ3) is 3.06. The Bertz CT molecular complexity index is 954. The van der Waals surface area contributed by atoms with Crippen LogP contribution in [0.1, 0.15) is 30.0 Å². The van der Waals surface area contributed by atoms with Gasteiger partial charge in [0.2, 0.25) is 0 Å². The minimum atomic E-state index is -0.770. The maximum absolute atomic E-state index is 11.8. The lowest BCUT2D eigenvalue weighted by Gasteiger charge is -2.32. The number of benzene rings is 2. The molecule has 2 unspecified atom stereocenters. The Balaban J connectivity index is 1.92. The Kier molecular flexibility index (Phi) is 4.62. The van der Waals surface area contributed by atoms with Gasteiger partial charge < -0.3 is 5.11 Å². The summed E-state index contributed by atoms with van der Waals surface area (Å²) in [5.41, 5.74) is 2.97. The van der Waals surface area contributed by atoms with E-state index < -0.39 is 12.0 Å². The number of aromatic nitrogens is 1. The third-order valence-corrected chi connectivity index (χ3v) is 5.29. The van der Waals surface area contributed by atoms with Crippen LogP contribution < -0.4 is 0 Å². The van der Waals surface area contributed by atoms with Crippen LogP contribution in [-0.4, -0.2) is 33.5 Å². The van der Waals surface area contributed by atoms with Gasteiger partial charge in [0.25, 0.3) is 0 Å². The number of hydrogen-bond donors (Lipinski definition) is 1. The van der Waals surface area contributed by atoms with E-state index in [9.17, 15) is 9.90 Å². The first kappa shape index (κ1) is 17.0. The minimum absolute atomic E-state index is 0.176. The van der Waals surface area contributed by atoms with Crippen molar-refractivity contribution in [2.45, 2.75) is 24.9 Å². The number of fused-ring (bicyclic) bond motifs is 1. The summed E-state index contributed by atoms with van der Waals surface area (Å²) in [6, 6.07) is 17.0. The van der Waals surface area contributed by atoms with Crippen LogP contribution in [0.25, 0.3) is 10.9 Å². The summed E-state index contributed by atoms with van der Waals surface area (Å²) in [4.78, 5) is 18.4. The van der Waals surface area contributed by atoms with Gasteiger partial charge in [-0.15, -0.1) is 0 Å². The molecule has 4 rings (SSSR count). The summed E-state index contributed by atoms with van der Waals surface area (Å²) in [5, 5.41) is 11.4. The van der Waals surface area contributed by atoms with Crippen molar-refractivity contribution in [2.75, 3.05) is 6.54 Å². The molecule has 1 aliphatic heterocycles. The minimum Gasteiger partial charge on any atom is -0.480 e. The van der Waals surface area contributed by atoms with Gasteiger partial charge in [-0.3, -0.25) is 14.7 Å². The van der Waals surface area contributed by atoms with Gasteiger partial charge in [0.15, 0.2) is 0 Å². The molecule has 1 N–H and O–H groups in total. The van der Waals surface area contributed by atoms with E-state index in [1.807, 2.05) is 54.6 Å². The number of aliphatic carboxylic acids is 1. The van der Waals surface area contributed by atoms with E-state index in [0.29, 0.717) is 11.4 Å².